The lowest BCUT2D eigenvalue weighted by molar-refractivity contribution is -0.131. The third kappa shape index (κ3) is 3.32. The largest absolute Gasteiger partial charge is 0.491 e. The molecule has 128 valence electrons. The van der Waals surface area contributed by atoms with Crippen molar-refractivity contribution < 1.29 is 14.1 Å². The predicted octanol–water partition coefficient (Wildman–Crippen LogP) is 1.17. The number of ether oxygens (including phenoxy) is 1. The number of methoxy groups -OCH3 is 1. The minimum absolute atomic E-state index is 0.0696. The van der Waals surface area contributed by atoms with Gasteiger partial charge < -0.3 is 18.7 Å². The van der Waals surface area contributed by atoms with Gasteiger partial charge in [-0.25, -0.2) is 0 Å². The third-order valence-electron chi connectivity index (χ3n) is 4.25. The maximum absolute atomic E-state index is 12.3. The molecule has 1 aliphatic rings. The van der Waals surface area contributed by atoms with Crippen molar-refractivity contribution >= 4 is 5.91 Å². The van der Waals surface area contributed by atoms with Crippen molar-refractivity contribution in [2.45, 2.75) is 38.3 Å². The zero-order valence-electron chi connectivity index (χ0n) is 13.8. The van der Waals surface area contributed by atoms with E-state index in [9.17, 15) is 9.59 Å². The second kappa shape index (κ2) is 6.86. The van der Waals surface area contributed by atoms with Crippen LogP contribution in [0.5, 0.6) is 5.75 Å². The molecule has 2 aromatic heterocycles. The van der Waals surface area contributed by atoms with Crippen molar-refractivity contribution in [1.29, 1.82) is 0 Å². The van der Waals surface area contributed by atoms with E-state index in [0.29, 0.717) is 17.6 Å². The van der Waals surface area contributed by atoms with E-state index in [1.807, 2.05) is 0 Å². The van der Waals surface area contributed by atoms with E-state index in [2.05, 4.69) is 10.1 Å². The van der Waals surface area contributed by atoms with E-state index in [0.717, 1.165) is 12.8 Å². The Bertz CT molecular complexity index is 778. The summed E-state index contributed by atoms with van der Waals surface area (Å²) in [5.41, 5.74) is -0.339. The van der Waals surface area contributed by atoms with Gasteiger partial charge in [-0.05, 0) is 25.0 Å². The molecule has 24 heavy (non-hydrogen) atoms. The number of pyridine rings is 1. The molecule has 0 N–H and O–H groups in total. The molecule has 8 heteroatoms. The topological polar surface area (TPSA) is 90.5 Å². The Hall–Kier alpha value is -2.64. The molecule has 0 aliphatic heterocycles. The van der Waals surface area contributed by atoms with Gasteiger partial charge in [0.25, 0.3) is 5.56 Å². The van der Waals surface area contributed by atoms with Gasteiger partial charge in [0.15, 0.2) is 11.6 Å². The van der Waals surface area contributed by atoms with Crippen LogP contribution >= 0.6 is 0 Å². The van der Waals surface area contributed by atoms with Crippen LogP contribution in [0.25, 0.3) is 0 Å². The van der Waals surface area contributed by atoms with Crippen LogP contribution in [0, 0.1) is 0 Å². The Morgan fingerprint density at radius 2 is 2.29 bits per heavy atom. The number of nitrogens with zero attached hydrogens (tertiary/aromatic N) is 4. The number of carbonyl (C=O) groups is 1. The summed E-state index contributed by atoms with van der Waals surface area (Å²) >= 11 is 0. The normalized spacial score (nSPS) is 14.2. The predicted molar refractivity (Wildman–Crippen MR) is 84.6 cm³/mol. The van der Waals surface area contributed by atoms with Crippen LogP contribution in [0.2, 0.25) is 0 Å². The lowest BCUT2D eigenvalue weighted by Gasteiger charge is -2.20. The molecule has 0 spiro atoms. The first-order valence-corrected chi connectivity index (χ1v) is 7.88. The monoisotopic (exact) mass is 332 g/mol. The van der Waals surface area contributed by atoms with E-state index in [4.69, 9.17) is 9.26 Å². The molecule has 2 heterocycles. The van der Waals surface area contributed by atoms with Crippen LogP contribution in [-0.2, 0) is 17.9 Å². The van der Waals surface area contributed by atoms with Gasteiger partial charge in [0.1, 0.15) is 6.54 Å². The second-order valence-electron chi connectivity index (χ2n) is 5.94. The van der Waals surface area contributed by atoms with Crippen LogP contribution in [-0.4, -0.2) is 39.7 Å². The molecular formula is C16H20N4O4. The standard InChI is InChI=1S/C16H20N4O4/c1-19(9-13-17-15(24-18-13)11-5-3-6-11)14(21)10-20-8-4-7-12(23-2)16(20)22/h4,7-8,11H,3,5-6,9-10H2,1-2H3. The molecule has 0 atom stereocenters. The fourth-order valence-electron chi connectivity index (χ4n) is 2.51. The summed E-state index contributed by atoms with van der Waals surface area (Å²) in [7, 11) is 3.07. The fourth-order valence-corrected chi connectivity index (χ4v) is 2.51. The summed E-state index contributed by atoms with van der Waals surface area (Å²) < 4.78 is 11.5. The number of amides is 1. The Kier molecular flexibility index (Phi) is 4.64. The van der Waals surface area contributed by atoms with Gasteiger partial charge in [-0.15, -0.1) is 0 Å². The molecule has 0 bridgehead atoms. The zero-order chi connectivity index (χ0) is 17.1. The highest BCUT2D eigenvalue weighted by Crippen LogP contribution is 2.35. The lowest BCUT2D eigenvalue weighted by Crippen LogP contribution is -2.33. The van der Waals surface area contributed by atoms with Crippen LogP contribution in [0.1, 0.15) is 36.9 Å². The van der Waals surface area contributed by atoms with E-state index in [1.165, 1.54) is 23.0 Å². The zero-order valence-corrected chi connectivity index (χ0v) is 13.8. The minimum atomic E-state index is -0.339. The highest BCUT2D eigenvalue weighted by molar-refractivity contribution is 5.75. The first kappa shape index (κ1) is 16.2. The minimum Gasteiger partial charge on any atom is -0.491 e. The van der Waals surface area contributed by atoms with Crippen molar-refractivity contribution in [1.82, 2.24) is 19.6 Å². The Balaban J connectivity index is 1.62. The molecule has 2 aromatic rings. The molecule has 8 nitrogen and oxygen atoms in total. The SMILES string of the molecule is COc1cccn(CC(=O)N(C)Cc2noc(C3CCC3)n2)c1=O. The van der Waals surface area contributed by atoms with Gasteiger partial charge in [-0.2, -0.15) is 4.98 Å². The summed E-state index contributed by atoms with van der Waals surface area (Å²) in [6.07, 6.45) is 4.90. The maximum atomic E-state index is 12.3. The van der Waals surface area contributed by atoms with Gasteiger partial charge in [0, 0.05) is 19.2 Å². The summed E-state index contributed by atoms with van der Waals surface area (Å²) in [6, 6.07) is 3.23. The number of rotatable bonds is 6. The molecule has 0 radical (unpaired) electrons. The smallest absolute Gasteiger partial charge is 0.293 e. The fraction of sp³-hybridized carbons (Fsp3) is 0.500. The molecule has 1 saturated carbocycles. The number of hydrogen-bond acceptors (Lipinski definition) is 6. The van der Waals surface area contributed by atoms with Crippen LogP contribution in [0.4, 0.5) is 0 Å². The Morgan fingerprint density at radius 3 is 2.96 bits per heavy atom. The van der Waals surface area contributed by atoms with Crippen LogP contribution in [0.3, 0.4) is 0 Å². The van der Waals surface area contributed by atoms with Gasteiger partial charge in [0.05, 0.1) is 13.7 Å². The molecule has 0 aromatic carbocycles. The molecule has 1 amide bonds. The van der Waals surface area contributed by atoms with Crippen molar-refractivity contribution in [3.63, 3.8) is 0 Å². The van der Waals surface area contributed by atoms with Crippen LogP contribution < -0.4 is 10.3 Å². The average molecular weight is 332 g/mol. The maximum Gasteiger partial charge on any atom is 0.293 e. The molecule has 1 aliphatic carbocycles. The summed E-state index contributed by atoms with van der Waals surface area (Å²) in [4.78, 5) is 30.2. The van der Waals surface area contributed by atoms with E-state index in [-0.39, 0.29) is 30.3 Å². The lowest BCUT2D eigenvalue weighted by atomic mass is 9.85. The van der Waals surface area contributed by atoms with E-state index in [1.54, 1.807) is 25.4 Å². The Labute approximate surface area is 139 Å². The molecule has 3 rings (SSSR count). The number of aromatic nitrogens is 3. The number of likely N-dealkylation sites (N-methyl/N-ethyl adjacent to an activating group) is 1. The van der Waals surface area contributed by atoms with E-state index < -0.39 is 0 Å². The number of hydrogen-bond donors (Lipinski definition) is 0. The molecule has 0 saturated heterocycles. The average Bonchev–Trinajstić information content (AvgIpc) is 2.95. The highest BCUT2D eigenvalue weighted by atomic mass is 16.5. The number of carbonyl (C=O) groups excluding carboxylic acids is 1. The van der Waals surface area contributed by atoms with Crippen molar-refractivity contribution in [2.24, 2.45) is 0 Å². The van der Waals surface area contributed by atoms with Gasteiger partial charge in [-0.3, -0.25) is 9.59 Å². The first-order chi connectivity index (χ1) is 11.6. The van der Waals surface area contributed by atoms with Gasteiger partial charge in [-0.1, -0.05) is 11.6 Å². The summed E-state index contributed by atoms with van der Waals surface area (Å²) in [5.74, 6) is 1.48. The van der Waals surface area contributed by atoms with Gasteiger partial charge >= 0.3 is 0 Å². The van der Waals surface area contributed by atoms with Gasteiger partial charge in [0.2, 0.25) is 11.8 Å². The first-order valence-electron chi connectivity index (χ1n) is 7.88. The summed E-state index contributed by atoms with van der Waals surface area (Å²) in [5, 5.41) is 3.92. The Morgan fingerprint density at radius 1 is 1.50 bits per heavy atom. The van der Waals surface area contributed by atoms with E-state index >= 15 is 0 Å². The van der Waals surface area contributed by atoms with Crippen molar-refractivity contribution in [3.05, 3.63) is 40.4 Å². The third-order valence-corrected chi connectivity index (χ3v) is 4.25. The summed E-state index contributed by atoms with van der Waals surface area (Å²) in [6.45, 7) is 0.174. The molecular weight excluding hydrogens is 312 g/mol. The quantitative estimate of drug-likeness (QED) is 0.788. The van der Waals surface area contributed by atoms with Crippen molar-refractivity contribution in [3.8, 4) is 5.75 Å². The molecule has 0 unspecified atom stereocenters. The molecule has 1 fully saturated rings. The van der Waals surface area contributed by atoms with Crippen molar-refractivity contribution in [2.75, 3.05) is 14.2 Å². The highest BCUT2D eigenvalue weighted by Gasteiger charge is 2.25. The second-order valence-corrected chi connectivity index (χ2v) is 5.94. The van der Waals surface area contributed by atoms with Crippen LogP contribution in [0.15, 0.2) is 27.6 Å².